The summed E-state index contributed by atoms with van der Waals surface area (Å²) in [4.78, 5) is 25.6. The van der Waals surface area contributed by atoms with Crippen molar-refractivity contribution in [3.05, 3.63) is 0 Å². The summed E-state index contributed by atoms with van der Waals surface area (Å²) >= 11 is 0. The van der Waals surface area contributed by atoms with E-state index in [-0.39, 0.29) is 94.6 Å². The Bertz CT molecular complexity index is 58.6. The Kier molecular flexibility index (Phi) is 28.0. The van der Waals surface area contributed by atoms with Gasteiger partial charge in [0.25, 0.3) is 0 Å². The predicted molar refractivity (Wildman–Crippen MR) is 15.3 cm³/mol. The van der Waals surface area contributed by atoms with E-state index in [4.69, 9.17) is 19.2 Å². The fraction of sp³-hybridized carbons (Fsp3) is 0. The second-order valence-electron chi connectivity index (χ2n) is 0.447. The summed E-state index contributed by atoms with van der Waals surface area (Å²) in [6, 6.07) is 0. The molecule has 5 nitrogen and oxygen atoms in total. The van der Waals surface area contributed by atoms with E-state index >= 15 is 0 Å². The van der Waals surface area contributed by atoms with Crippen molar-refractivity contribution in [3.63, 3.8) is 0 Å². The van der Waals surface area contributed by atoms with Gasteiger partial charge in [-0.15, -0.1) is 0 Å². The maximum atomic E-state index is 8.55. The number of hydrogen-bond acceptors (Lipinski definition) is 5. The van der Waals surface area contributed by atoms with Crippen LogP contribution < -0.4 is 66.1 Å². The van der Waals surface area contributed by atoms with Crippen LogP contribution in [-0.4, -0.2) is 43.2 Å². The quantitative estimate of drug-likeness (QED) is 0.279. The second-order valence-corrected chi connectivity index (χ2v) is 1.34. The minimum atomic E-state index is -5.39. The van der Waals surface area contributed by atoms with Crippen LogP contribution in [-0.2, 0) is 4.57 Å². The van der Waals surface area contributed by atoms with E-state index in [9.17, 15) is 0 Å². The molecule has 0 aromatic rings. The second kappa shape index (κ2) is 9.97. The van der Waals surface area contributed by atoms with Crippen molar-refractivity contribution in [1.29, 1.82) is 0 Å². The molecule has 40 valence electrons. The minimum Gasteiger partial charge on any atom is -0.870 e. The van der Waals surface area contributed by atoms with Crippen LogP contribution in [0.15, 0.2) is 0 Å². The molecule has 1 N–H and O–H groups in total. The smallest absolute Gasteiger partial charge is 0.870 e. The van der Waals surface area contributed by atoms with Gasteiger partial charge in [0.05, 0.1) is 0 Å². The number of rotatable bonds is 0. The zero-order chi connectivity index (χ0) is 4.50. The van der Waals surface area contributed by atoms with Crippen LogP contribution in [0.3, 0.4) is 0 Å². The Morgan fingerprint density at radius 3 is 1.12 bits per heavy atom. The van der Waals surface area contributed by atoms with E-state index < -0.39 is 7.82 Å². The summed E-state index contributed by atoms with van der Waals surface area (Å²) < 4.78 is 8.55. The van der Waals surface area contributed by atoms with Gasteiger partial charge in [0.15, 0.2) is 0 Å². The van der Waals surface area contributed by atoms with Crippen molar-refractivity contribution < 1.29 is 76.1 Å². The van der Waals surface area contributed by atoms with Crippen molar-refractivity contribution in [3.8, 4) is 0 Å². The van der Waals surface area contributed by atoms with Crippen molar-refractivity contribution >= 4 is 45.6 Å². The minimum absolute atomic E-state index is 0. The van der Waals surface area contributed by atoms with E-state index in [1.165, 1.54) is 0 Å². The molecular formula is HCaKO5P-. The van der Waals surface area contributed by atoms with Gasteiger partial charge in [-0.2, -0.15) is 7.82 Å². The maximum Gasteiger partial charge on any atom is 2.00 e. The Morgan fingerprint density at radius 2 is 1.12 bits per heavy atom. The Morgan fingerprint density at radius 1 is 1.12 bits per heavy atom. The van der Waals surface area contributed by atoms with Crippen LogP contribution in [0.2, 0.25) is 0 Å². The molecule has 0 aromatic carbocycles. The number of phosphoric acid groups is 1. The van der Waals surface area contributed by atoms with Crippen LogP contribution in [0, 0.1) is 0 Å². The van der Waals surface area contributed by atoms with Crippen molar-refractivity contribution in [1.82, 2.24) is 0 Å². The van der Waals surface area contributed by atoms with Crippen LogP contribution in [0.5, 0.6) is 0 Å². The molecule has 0 aliphatic rings. The molecule has 0 rings (SSSR count). The summed E-state index contributed by atoms with van der Waals surface area (Å²) in [5, 5.41) is 0. The average molecular weight is 191 g/mol. The van der Waals surface area contributed by atoms with E-state index in [2.05, 4.69) is 0 Å². The summed E-state index contributed by atoms with van der Waals surface area (Å²) in [6.07, 6.45) is 0. The third kappa shape index (κ3) is 64.7. The molecule has 0 bridgehead atoms. The van der Waals surface area contributed by atoms with Gasteiger partial charge in [0, 0.05) is 0 Å². The van der Waals surface area contributed by atoms with E-state index in [0.717, 1.165) is 0 Å². The van der Waals surface area contributed by atoms with Crippen LogP contribution >= 0.6 is 7.82 Å². The average Bonchev–Trinajstić information content (AvgIpc) is 0.722. The van der Waals surface area contributed by atoms with Gasteiger partial charge in [-0.05, 0) is 0 Å². The molecule has 0 saturated heterocycles. The first-order valence-electron chi connectivity index (χ1n) is 0.730. The molecule has 0 aliphatic heterocycles. The van der Waals surface area contributed by atoms with Crippen LogP contribution in [0.1, 0.15) is 0 Å². The van der Waals surface area contributed by atoms with Crippen LogP contribution in [0.25, 0.3) is 0 Å². The first-order valence-corrected chi connectivity index (χ1v) is 2.19. The molecule has 8 heteroatoms. The molecular weight excluding hydrogens is 190 g/mol. The van der Waals surface area contributed by atoms with Gasteiger partial charge in [-0.1, -0.05) is 0 Å². The van der Waals surface area contributed by atoms with Gasteiger partial charge in [-0.3, -0.25) is 0 Å². The molecule has 0 atom stereocenters. The fourth-order valence-electron chi connectivity index (χ4n) is 0. The van der Waals surface area contributed by atoms with Crippen molar-refractivity contribution in [2.45, 2.75) is 0 Å². The third-order valence-corrected chi connectivity index (χ3v) is 0. The van der Waals surface area contributed by atoms with Gasteiger partial charge in [-0.25, -0.2) is 0 Å². The monoisotopic (exact) mass is 191 g/mol. The van der Waals surface area contributed by atoms with E-state index in [1.54, 1.807) is 0 Å². The predicted octanol–water partition coefficient (Wildman–Crippen LogP) is -6.38. The zero-order valence-corrected chi connectivity index (χ0v) is 10.5. The van der Waals surface area contributed by atoms with Gasteiger partial charge < -0.3 is 24.7 Å². The molecule has 0 aromatic heterocycles. The van der Waals surface area contributed by atoms with Gasteiger partial charge in [0.2, 0.25) is 0 Å². The molecule has 0 unspecified atom stereocenters. The van der Waals surface area contributed by atoms with E-state index in [1.807, 2.05) is 0 Å². The Labute approximate surface area is 119 Å². The summed E-state index contributed by atoms with van der Waals surface area (Å²) in [7, 11) is -5.39. The van der Waals surface area contributed by atoms with Crippen LogP contribution in [0.4, 0.5) is 0 Å². The molecule has 0 amide bonds. The summed E-state index contributed by atoms with van der Waals surface area (Å²) in [6.45, 7) is 0. The van der Waals surface area contributed by atoms with Gasteiger partial charge in [0.1, 0.15) is 0 Å². The first-order chi connectivity index (χ1) is 2.00. The summed E-state index contributed by atoms with van der Waals surface area (Å²) in [5.74, 6) is 0. The third-order valence-electron chi connectivity index (χ3n) is 0. The topological polar surface area (TPSA) is 116 Å². The zero-order valence-electron chi connectivity index (χ0n) is 4.23. The molecule has 0 saturated carbocycles. The fourth-order valence-corrected chi connectivity index (χ4v) is 0. The van der Waals surface area contributed by atoms with Crippen molar-refractivity contribution in [2.75, 3.05) is 0 Å². The molecule has 0 radical (unpaired) electrons. The molecule has 0 fully saturated rings. The maximum absolute atomic E-state index is 8.55. The normalized spacial score (nSPS) is 7.38. The van der Waals surface area contributed by atoms with E-state index in [0.29, 0.717) is 0 Å². The number of hydrogen-bond donors (Lipinski definition) is 0. The van der Waals surface area contributed by atoms with Gasteiger partial charge >= 0.3 is 89.1 Å². The molecule has 8 heavy (non-hydrogen) atoms. The largest absolute Gasteiger partial charge is 2.00 e. The Balaban J connectivity index is -0.0000000267. The standard InChI is InChI=1S/Ca.K.H3O4P.H2O/c;;1-5(2,3)4;/h;;(H3,1,2,3,4);1H2/q+2;+1;;/p-4. The molecule has 0 heterocycles. The first kappa shape index (κ1) is 22.4. The molecule has 0 spiro atoms. The SMILES string of the molecule is O=P([O-])([O-])[O-].[Ca+2].[K+].[OH-]. The van der Waals surface area contributed by atoms with Crippen molar-refractivity contribution in [2.24, 2.45) is 0 Å². The molecule has 0 aliphatic carbocycles. The summed E-state index contributed by atoms with van der Waals surface area (Å²) in [5.41, 5.74) is 0. The Hall–Kier alpha value is 2.97.